The smallest absolute Gasteiger partial charge is 0.289 e. The molecule has 1 aromatic rings. The van der Waals surface area contributed by atoms with Crippen molar-refractivity contribution >= 4 is 21.7 Å². The van der Waals surface area contributed by atoms with Gasteiger partial charge in [-0.1, -0.05) is 12.8 Å². The monoisotopic (exact) mass is 421 g/mol. The molecule has 0 spiro atoms. The lowest BCUT2D eigenvalue weighted by atomic mass is 9.78. The summed E-state index contributed by atoms with van der Waals surface area (Å²) in [6, 6.07) is 3.36. The lowest BCUT2D eigenvalue weighted by Gasteiger charge is -2.48. The molecular formula is C20H27N3O5S. The number of carbonyl (C=O) groups excluding carboxylic acids is 2. The van der Waals surface area contributed by atoms with Crippen LogP contribution in [0.4, 0.5) is 0 Å². The van der Waals surface area contributed by atoms with E-state index in [0.29, 0.717) is 37.6 Å². The van der Waals surface area contributed by atoms with E-state index in [1.807, 2.05) is 4.90 Å². The summed E-state index contributed by atoms with van der Waals surface area (Å²) in [5.74, 6) is -0.235. The second-order valence-corrected chi connectivity index (χ2v) is 10.1. The van der Waals surface area contributed by atoms with Crippen molar-refractivity contribution in [3.05, 3.63) is 34.8 Å². The maximum Gasteiger partial charge on any atom is 0.289 e. The predicted octanol–water partition coefficient (Wildman–Crippen LogP) is 1.32. The summed E-state index contributed by atoms with van der Waals surface area (Å²) in [5, 5.41) is 0. The molecule has 8 nitrogen and oxygen atoms in total. The second-order valence-electron chi connectivity index (χ2n) is 8.12. The standard InChI is InChI=1S/C20H27N3O5S/c1-21-15-7-4-3-6-14(15)17(18(20(21)25)29(2,26)27)22-9-11-23(12-10-22)19(24)16-8-5-13-28-16/h5,8,13-15H,3-4,6-7,9-12H2,1-2H3. The molecule has 3 heterocycles. The first-order valence-electron chi connectivity index (χ1n) is 10.1. The largest absolute Gasteiger partial charge is 0.459 e. The third-order valence-electron chi connectivity index (χ3n) is 6.34. The summed E-state index contributed by atoms with van der Waals surface area (Å²) in [4.78, 5) is 30.8. The number of nitrogens with zero attached hydrogens (tertiary/aromatic N) is 3. The van der Waals surface area contributed by atoms with Crippen molar-refractivity contribution in [1.82, 2.24) is 14.7 Å². The first kappa shape index (κ1) is 20.0. The number of carbonyl (C=O) groups is 2. The Balaban J connectivity index is 1.63. The number of piperazine rings is 1. The Morgan fingerprint density at radius 2 is 1.83 bits per heavy atom. The zero-order chi connectivity index (χ0) is 20.8. The highest BCUT2D eigenvalue weighted by molar-refractivity contribution is 7.95. The minimum absolute atomic E-state index is 0.0310. The molecule has 0 radical (unpaired) electrons. The molecule has 2 unspecified atom stereocenters. The summed E-state index contributed by atoms with van der Waals surface area (Å²) in [6.45, 7) is 1.92. The van der Waals surface area contributed by atoms with Gasteiger partial charge in [-0.3, -0.25) is 9.59 Å². The van der Waals surface area contributed by atoms with Crippen LogP contribution in [0.25, 0.3) is 0 Å². The van der Waals surface area contributed by atoms with Crippen molar-refractivity contribution in [2.45, 2.75) is 31.7 Å². The molecule has 9 heteroatoms. The van der Waals surface area contributed by atoms with Gasteiger partial charge in [0.15, 0.2) is 20.5 Å². The topological polar surface area (TPSA) is 91.1 Å². The van der Waals surface area contributed by atoms with Gasteiger partial charge in [0.1, 0.15) is 0 Å². The number of sulfone groups is 1. The highest BCUT2D eigenvalue weighted by atomic mass is 32.2. The number of likely N-dealkylation sites (N-methyl/N-ethyl adjacent to an activating group) is 1. The fourth-order valence-electron chi connectivity index (χ4n) is 4.92. The Kier molecular flexibility index (Phi) is 5.18. The molecule has 2 atom stereocenters. The highest BCUT2D eigenvalue weighted by Crippen LogP contribution is 2.41. The van der Waals surface area contributed by atoms with Crippen LogP contribution >= 0.6 is 0 Å². The highest BCUT2D eigenvalue weighted by Gasteiger charge is 2.46. The molecular weight excluding hydrogens is 394 g/mol. The molecule has 0 N–H and O–H groups in total. The first-order chi connectivity index (χ1) is 13.8. The van der Waals surface area contributed by atoms with Gasteiger partial charge in [0, 0.05) is 57.1 Å². The molecule has 1 aromatic heterocycles. The van der Waals surface area contributed by atoms with Crippen LogP contribution < -0.4 is 0 Å². The minimum Gasteiger partial charge on any atom is -0.459 e. The molecule has 1 aliphatic carbocycles. The molecule has 0 aromatic carbocycles. The van der Waals surface area contributed by atoms with Crippen molar-refractivity contribution < 1.29 is 22.4 Å². The van der Waals surface area contributed by atoms with Gasteiger partial charge in [0.2, 0.25) is 0 Å². The fourth-order valence-corrected chi connectivity index (χ4v) is 6.04. The van der Waals surface area contributed by atoms with Crippen LogP contribution in [0.2, 0.25) is 0 Å². The average molecular weight is 422 g/mol. The normalized spacial score (nSPS) is 26.0. The molecule has 1 saturated heterocycles. The van der Waals surface area contributed by atoms with Crippen LogP contribution in [0.5, 0.6) is 0 Å². The van der Waals surface area contributed by atoms with E-state index in [4.69, 9.17) is 4.42 Å². The van der Waals surface area contributed by atoms with Crippen molar-refractivity contribution in [1.29, 1.82) is 0 Å². The van der Waals surface area contributed by atoms with E-state index in [-0.39, 0.29) is 22.8 Å². The summed E-state index contributed by atoms with van der Waals surface area (Å²) in [7, 11) is -1.96. The molecule has 0 bridgehead atoms. The first-order valence-corrected chi connectivity index (χ1v) is 12.0. The van der Waals surface area contributed by atoms with Gasteiger partial charge < -0.3 is 19.1 Å². The summed E-state index contributed by atoms with van der Waals surface area (Å²) >= 11 is 0. The number of hydrogen-bond acceptors (Lipinski definition) is 6. The lowest BCUT2D eigenvalue weighted by Crippen LogP contribution is -2.56. The SMILES string of the molecule is CN1C(=O)C(S(C)(=O)=O)=C(N2CCN(C(=O)c3ccco3)CC2)C2CCCCC21. The summed E-state index contributed by atoms with van der Waals surface area (Å²) < 4.78 is 30.4. The zero-order valence-corrected chi connectivity index (χ0v) is 17.7. The van der Waals surface area contributed by atoms with Crippen LogP contribution in [0.3, 0.4) is 0 Å². The Bertz CT molecular complexity index is 929. The molecule has 4 rings (SSSR count). The quantitative estimate of drug-likeness (QED) is 0.731. The van der Waals surface area contributed by atoms with Gasteiger partial charge >= 0.3 is 0 Å². The maximum absolute atomic E-state index is 13.0. The van der Waals surface area contributed by atoms with E-state index in [1.165, 1.54) is 6.26 Å². The van der Waals surface area contributed by atoms with Gasteiger partial charge in [-0.2, -0.15) is 0 Å². The number of amides is 2. The van der Waals surface area contributed by atoms with Gasteiger partial charge in [0.05, 0.1) is 6.26 Å². The maximum atomic E-state index is 13.0. The van der Waals surface area contributed by atoms with Crippen molar-refractivity contribution in [2.24, 2.45) is 5.92 Å². The Morgan fingerprint density at radius 3 is 2.45 bits per heavy atom. The third kappa shape index (κ3) is 3.56. The Hall–Kier alpha value is -2.29. The Morgan fingerprint density at radius 1 is 1.14 bits per heavy atom. The fraction of sp³-hybridized carbons (Fsp3) is 0.600. The van der Waals surface area contributed by atoms with Crippen molar-refractivity contribution in [3.63, 3.8) is 0 Å². The van der Waals surface area contributed by atoms with Gasteiger partial charge in [-0.05, 0) is 25.0 Å². The van der Waals surface area contributed by atoms with Crippen LogP contribution in [0, 0.1) is 5.92 Å². The predicted molar refractivity (Wildman–Crippen MR) is 107 cm³/mol. The molecule has 2 fully saturated rings. The summed E-state index contributed by atoms with van der Waals surface area (Å²) in [6.07, 6.45) is 6.44. The molecule has 2 amide bonds. The molecule has 29 heavy (non-hydrogen) atoms. The molecule has 158 valence electrons. The zero-order valence-electron chi connectivity index (χ0n) is 16.8. The van der Waals surface area contributed by atoms with Crippen LogP contribution in [0.15, 0.2) is 33.4 Å². The minimum atomic E-state index is -3.67. The van der Waals surface area contributed by atoms with Crippen LogP contribution in [-0.4, -0.2) is 80.5 Å². The van der Waals surface area contributed by atoms with E-state index in [2.05, 4.69) is 0 Å². The van der Waals surface area contributed by atoms with E-state index in [0.717, 1.165) is 31.9 Å². The van der Waals surface area contributed by atoms with Crippen molar-refractivity contribution in [3.8, 4) is 0 Å². The van der Waals surface area contributed by atoms with E-state index in [1.54, 1.807) is 29.0 Å². The third-order valence-corrected chi connectivity index (χ3v) is 7.46. The van der Waals surface area contributed by atoms with E-state index >= 15 is 0 Å². The average Bonchev–Trinajstić information content (AvgIpc) is 3.24. The number of furan rings is 1. The van der Waals surface area contributed by atoms with Gasteiger partial charge in [-0.25, -0.2) is 8.42 Å². The summed E-state index contributed by atoms with van der Waals surface area (Å²) in [5.41, 5.74) is 0.672. The number of hydrogen-bond donors (Lipinski definition) is 0. The number of fused-ring (bicyclic) bond motifs is 1. The van der Waals surface area contributed by atoms with E-state index in [9.17, 15) is 18.0 Å². The molecule has 2 aliphatic heterocycles. The van der Waals surface area contributed by atoms with Crippen LogP contribution in [-0.2, 0) is 14.6 Å². The molecule has 1 saturated carbocycles. The van der Waals surface area contributed by atoms with E-state index < -0.39 is 15.7 Å². The van der Waals surface area contributed by atoms with Crippen LogP contribution in [0.1, 0.15) is 36.2 Å². The van der Waals surface area contributed by atoms with Gasteiger partial charge in [-0.15, -0.1) is 0 Å². The molecule has 3 aliphatic rings. The lowest BCUT2D eigenvalue weighted by molar-refractivity contribution is -0.130. The van der Waals surface area contributed by atoms with Gasteiger partial charge in [0.25, 0.3) is 11.8 Å². The number of rotatable bonds is 3. The Labute approximate surface area is 171 Å². The van der Waals surface area contributed by atoms with Crippen molar-refractivity contribution in [2.75, 3.05) is 39.5 Å². The second kappa shape index (κ2) is 7.51.